The second-order valence-corrected chi connectivity index (χ2v) is 6.93. The van der Waals surface area contributed by atoms with Crippen molar-refractivity contribution < 1.29 is 19.1 Å². The molecule has 0 aliphatic carbocycles. The molecule has 0 bridgehead atoms. The van der Waals surface area contributed by atoms with E-state index < -0.39 is 6.10 Å². The van der Waals surface area contributed by atoms with Crippen molar-refractivity contribution in [2.75, 3.05) is 24.6 Å². The van der Waals surface area contributed by atoms with Gasteiger partial charge in [0.15, 0.2) is 12.7 Å². The summed E-state index contributed by atoms with van der Waals surface area (Å²) in [7, 11) is 0. The molecule has 1 N–H and O–H groups in total. The van der Waals surface area contributed by atoms with E-state index in [1.54, 1.807) is 11.0 Å². The molecule has 0 radical (unpaired) electrons. The summed E-state index contributed by atoms with van der Waals surface area (Å²) in [5.74, 6) is 0.771. The standard InChI is InChI=1S/C22H26N2O4/c1-4-11-23-22(26)20-13-24(17-7-5-6-8-18(17)28-20)21(25)14-27-19-12-15(2)9-10-16(19)3/h5-10,12,20H,4,11,13-14H2,1-3H3,(H,23,26)/t20-/m0/s1. The lowest BCUT2D eigenvalue weighted by Crippen LogP contribution is -2.51. The lowest BCUT2D eigenvalue weighted by atomic mass is 10.1. The van der Waals surface area contributed by atoms with E-state index >= 15 is 0 Å². The fourth-order valence-corrected chi connectivity index (χ4v) is 3.05. The Morgan fingerprint density at radius 3 is 2.79 bits per heavy atom. The van der Waals surface area contributed by atoms with Gasteiger partial charge < -0.3 is 19.7 Å². The number of aryl methyl sites for hydroxylation is 2. The Kier molecular flexibility index (Phi) is 6.19. The van der Waals surface area contributed by atoms with E-state index in [2.05, 4.69) is 5.32 Å². The number of anilines is 1. The van der Waals surface area contributed by atoms with E-state index in [0.717, 1.165) is 17.5 Å². The molecule has 148 valence electrons. The van der Waals surface area contributed by atoms with E-state index in [1.807, 2.05) is 57.2 Å². The summed E-state index contributed by atoms with van der Waals surface area (Å²) in [6.07, 6.45) is 0.0904. The first-order chi connectivity index (χ1) is 13.5. The number of carbonyl (C=O) groups excluding carboxylic acids is 2. The first-order valence-electron chi connectivity index (χ1n) is 9.53. The van der Waals surface area contributed by atoms with Crippen molar-refractivity contribution in [1.82, 2.24) is 5.32 Å². The van der Waals surface area contributed by atoms with E-state index in [4.69, 9.17) is 9.47 Å². The quantitative estimate of drug-likeness (QED) is 0.834. The third-order valence-electron chi connectivity index (χ3n) is 4.61. The highest BCUT2D eigenvalue weighted by Gasteiger charge is 2.33. The lowest BCUT2D eigenvalue weighted by Gasteiger charge is -2.34. The van der Waals surface area contributed by atoms with Crippen molar-refractivity contribution in [2.45, 2.75) is 33.3 Å². The molecule has 0 unspecified atom stereocenters. The summed E-state index contributed by atoms with van der Waals surface area (Å²) in [5, 5.41) is 2.83. The Balaban J connectivity index is 1.75. The molecule has 28 heavy (non-hydrogen) atoms. The van der Waals surface area contributed by atoms with Crippen molar-refractivity contribution in [1.29, 1.82) is 0 Å². The smallest absolute Gasteiger partial charge is 0.265 e. The third kappa shape index (κ3) is 4.44. The zero-order chi connectivity index (χ0) is 20.1. The van der Waals surface area contributed by atoms with Crippen LogP contribution in [0.1, 0.15) is 24.5 Å². The zero-order valence-corrected chi connectivity index (χ0v) is 16.5. The monoisotopic (exact) mass is 382 g/mol. The number of amides is 2. The Morgan fingerprint density at radius 2 is 2.00 bits per heavy atom. The molecule has 1 aliphatic heterocycles. The number of rotatable bonds is 6. The predicted molar refractivity (Wildman–Crippen MR) is 108 cm³/mol. The molecule has 3 rings (SSSR count). The van der Waals surface area contributed by atoms with Crippen LogP contribution in [-0.4, -0.2) is 37.6 Å². The highest BCUT2D eigenvalue weighted by atomic mass is 16.5. The average molecular weight is 382 g/mol. The molecule has 6 heteroatoms. The molecule has 2 amide bonds. The van der Waals surface area contributed by atoms with Crippen LogP contribution in [0.5, 0.6) is 11.5 Å². The normalized spacial score (nSPS) is 15.4. The van der Waals surface area contributed by atoms with Crippen LogP contribution in [0.25, 0.3) is 0 Å². The molecular weight excluding hydrogens is 356 g/mol. The van der Waals surface area contributed by atoms with Crippen LogP contribution in [-0.2, 0) is 9.59 Å². The maximum absolute atomic E-state index is 12.9. The molecule has 0 saturated carbocycles. The van der Waals surface area contributed by atoms with E-state index in [1.165, 1.54) is 0 Å². The van der Waals surface area contributed by atoms with Crippen LogP contribution >= 0.6 is 0 Å². The number of para-hydroxylation sites is 2. The summed E-state index contributed by atoms with van der Waals surface area (Å²) in [5.41, 5.74) is 2.69. The third-order valence-corrected chi connectivity index (χ3v) is 4.61. The number of benzene rings is 2. The van der Waals surface area contributed by atoms with Crippen LogP contribution in [0.2, 0.25) is 0 Å². The number of hydrogen-bond acceptors (Lipinski definition) is 4. The van der Waals surface area contributed by atoms with Gasteiger partial charge in [0.05, 0.1) is 12.2 Å². The fraction of sp³-hybridized carbons (Fsp3) is 0.364. The molecule has 1 heterocycles. The van der Waals surface area contributed by atoms with Crippen LogP contribution in [0.4, 0.5) is 5.69 Å². The molecule has 1 aliphatic rings. The van der Waals surface area contributed by atoms with Gasteiger partial charge in [-0.3, -0.25) is 9.59 Å². The van der Waals surface area contributed by atoms with Gasteiger partial charge in [-0.25, -0.2) is 0 Å². The van der Waals surface area contributed by atoms with Gasteiger partial charge in [-0.15, -0.1) is 0 Å². The van der Waals surface area contributed by atoms with E-state index in [0.29, 0.717) is 23.7 Å². The molecule has 0 fully saturated rings. The van der Waals surface area contributed by atoms with E-state index in [-0.39, 0.29) is 25.0 Å². The van der Waals surface area contributed by atoms with E-state index in [9.17, 15) is 9.59 Å². The number of nitrogens with one attached hydrogen (secondary N) is 1. The van der Waals surface area contributed by atoms with Crippen molar-refractivity contribution in [3.63, 3.8) is 0 Å². The molecule has 1 atom stereocenters. The summed E-state index contributed by atoms with van der Waals surface area (Å²) in [6.45, 7) is 6.52. The molecular formula is C22H26N2O4. The molecule has 2 aromatic carbocycles. The highest BCUT2D eigenvalue weighted by molar-refractivity contribution is 5.98. The Morgan fingerprint density at radius 1 is 1.21 bits per heavy atom. The van der Waals surface area contributed by atoms with Crippen molar-refractivity contribution in [2.24, 2.45) is 0 Å². The number of hydrogen-bond donors (Lipinski definition) is 1. The predicted octanol–water partition coefficient (Wildman–Crippen LogP) is 3.00. The number of ether oxygens (including phenoxy) is 2. The van der Waals surface area contributed by atoms with Crippen LogP contribution in [0, 0.1) is 13.8 Å². The van der Waals surface area contributed by atoms with Gasteiger partial charge >= 0.3 is 0 Å². The van der Waals surface area contributed by atoms with Crippen LogP contribution in [0.15, 0.2) is 42.5 Å². The minimum atomic E-state index is -0.744. The summed E-state index contributed by atoms with van der Waals surface area (Å²) in [6, 6.07) is 13.1. The first kappa shape index (κ1) is 19.7. The van der Waals surface area contributed by atoms with Crippen LogP contribution in [0.3, 0.4) is 0 Å². The Bertz CT molecular complexity index is 865. The summed E-state index contributed by atoms with van der Waals surface area (Å²) >= 11 is 0. The Hall–Kier alpha value is -3.02. The molecule has 0 spiro atoms. The maximum Gasteiger partial charge on any atom is 0.265 e. The Labute approximate surface area is 165 Å². The number of nitrogens with zero attached hydrogens (tertiary/aromatic N) is 1. The topological polar surface area (TPSA) is 67.9 Å². The summed E-state index contributed by atoms with van der Waals surface area (Å²) in [4.78, 5) is 26.9. The number of fused-ring (bicyclic) bond motifs is 1. The number of carbonyl (C=O) groups is 2. The van der Waals surface area contributed by atoms with Gasteiger partial charge in [0.1, 0.15) is 11.5 Å². The zero-order valence-electron chi connectivity index (χ0n) is 16.5. The molecule has 2 aromatic rings. The highest BCUT2D eigenvalue weighted by Crippen LogP contribution is 2.33. The minimum absolute atomic E-state index is 0.109. The van der Waals surface area contributed by atoms with Gasteiger partial charge in [-0.1, -0.05) is 31.2 Å². The maximum atomic E-state index is 12.9. The van der Waals surface area contributed by atoms with Crippen LogP contribution < -0.4 is 19.7 Å². The lowest BCUT2D eigenvalue weighted by molar-refractivity contribution is -0.128. The van der Waals surface area contributed by atoms with Gasteiger partial charge in [0.2, 0.25) is 0 Å². The van der Waals surface area contributed by atoms with Crippen molar-refractivity contribution >= 4 is 17.5 Å². The SMILES string of the molecule is CCCNC(=O)[C@@H]1CN(C(=O)COc2cc(C)ccc2C)c2ccccc2O1. The molecule has 0 saturated heterocycles. The first-order valence-corrected chi connectivity index (χ1v) is 9.53. The molecule has 0 aromatic heterocycles. The average Bonchev–Trinajstić information content (AvgIpc) is 2.71. The van der Waals surface area contributed by atoms with Gasteiger partial charge in [-0.05, 0) is 49.6 Å². The minimum Gasteiger partial charge on any atom is -0.483 e. The molecule has 6 nitrogen and oxygen atoms in total. The van der Waals surface area contributed by atoms with Gasteiger partial charge in [-0.2, -0.15) is 0 Å². The van der Waals surface area contributed by atoms with Gasteiger partial charge in [0.25, 0.3) is 11.8 Å². The van der Waals surface area contributed by atoms with Crippen molar-refractivity contribution in [3.05, 3.63) is 53.6 Å². The summed E-state index contributed by atoms with van der Waals surface area (Å²) < 4.78 is 11.6. The van der Waals surface area contributed by atoms with Gasteiger partial charge in [0, 0.05) is 6.54 Å². The fourth-order valence-electron chi connectivity index (χ4n) is 3.05. The van der Waals surface area contributed by atoms with Crippen molar-refractivity contribution in [3.8, 4) is 11.5 Å². The largest absolute Gasteiger partial charge is 0.483 e. The second-order valence-electron chi connectivity index (χ2n) is 6.93. The second kappa shape index (κ2) is 8.78.